The van der Waals surface area contributed by atoms with E-state index in [0.717, 1.165) is 6.54 Å². The molecule has 0 aliphatic rings. The lowest BCUT2D eigenvalue weighted by Gasteiger charge is -1.88. The molecule has 66 valence electrons. The molecule has 1 N–H and O–H groups in total. The van der Waals surface area contributed by atoms with E-state index in [2.05, 4.69) is 24.5 Å². The zero-order valence-electron chi connectivity index (χ0n) is 5.87. The fourth-order valence-electron chi connectivity index (χ4n) is 0.256. The Morgan fingerprint density at radius 2 is 1.80 bits per heavy atom. The lowest BCUT2D eigenvalue weighted by molar-refractivity contribution is 0.607. The molecule has 0 bridgehead atoms. The van der Waals surface area contributed by atoms with Crippen molar-refractivity contribution < 1.29 is 4.57 Å². The minimum Gasteiger partial charge on any atom is -0.267 e. The molecule has 10 heavy (non-hydrogen) atoms. The molecule has 0 radical (unpaired) electrons. The highest BCUT2D eigenvalue weighted by molar-refractivity contribution is 7.78. The highest BCUT2D eigenvalue weighted by Gasteiger charge is 1.74. The van der Waals surface area contributed by atoms with E-state index in [1.807, 2.05) is 0 Å². The second kappa shape index (κ2) is 32.4. The van der Waals surface area contributed by atoms with E-state index < -0.39 is 0 Å². The summed E-state index contributed by atoms with van der Waals surface area (Å²) in [6, 6.07) is 0. The van der Waals surface area contributed by atoms with Crippen LogP contribution in [0.5, 0.6) is 0 Å². The molecule has 0 heterocycles. The van der Waals surface area contributed by atoms with Gasteiger partial charge in [-0.25, -0.2) is 0 Å². The van der Waals surface area contributed by atoms with Crippen LogP contribution in [0, 0.1) is 0 Å². The van der Waals surface area contributed by atoms with Gasteiger partial charge in [-0.1, -0.05) is 30.7 Å². The summed E-state index contributed by atoms with van der Waals surface area (Å²) in [5, 5.41) is 0. The molecular weight excluding hydrogens is 212 g/mol. The van der Waals surface area contributed by atoms with Crippen LogP contribution in [0.2, 0.25) is 0 Å². The Morgan fingerprint density at radius 1 is 1.40 bits per heavy atom. The molecule has 0 amide bonds. The summed E-state index contributed by atoms with van der Waals surface area (Å²) >= 11 is 3.80. The molecule has 0 spiro atoms. The maximum Gasteiger partial charge on any atom is 0.310 e. The number of hydrogen-bond acceptors (Lipinski definition) is 3. The normalized spacial score (nSPS) is 5.80. The van der Waals surface area contributed by atoms with Gasteiger partial charge in [-0.2, -0.15) is 0 Å². The zero-order chi connectivity index (χ0) is 6.83. The monoisotopic (exact) mass is 226 g/mol. The van der Waals surface area contributed by atoms with Crippen LogP contribution in [0.4, 0.5) is 0 Å². The van der Waals surface area contributed by atoms with Crippen molar-refractivity contribution in [2.24, 2.45) is 0 Å². The van der Waals surface area contributed by atoms with Crippen molar-refractivity contribution in [1.29, 1.82) is 0 Å². The molecule has 0 aliphatic carbocycles. The summed E-state index contributed by atoms with van der Waals surface area (Å²) in [7, 11) is 1.17. The lowest BCUT2D eigenvalue weighted by Crippen LogP contribution is -1.98. The average Bonchev–Trinajstić information content (AvgIpc) is 1.88. The SMILES string of the molecule is CCCCNS.Cl.Cl.O=[PH2+]. The predicted molar refractivity (Wildman–Crippen MR) is 56.8 cm³/mol. The highest BCUT2D eigenvalue weighted by atomic mass is 35.5. The summed E-state index contributed by atoms with van der Waals surface area (Å²) in [5.74, 6) is 0. The van der Waals surface area contributed by atoms with Gasteiger partial charge in [-0.05, 0) is 6.42 Å². The number of unbranched alkanes of at least 4 members (excludes halogenated alkanes) is 1. The molecule has 0 aliphatic heterocycles. The van der Waals surface area contributed by atoms with E-state index in [1.165, 1.54) is 22.0 Å². The minimum atomic E-state index is 0. The van der Waals surface area contributed by atoms with Crippen molar-refractivity contribution in [2.75, 3.05) is 6.54 Å². The van der Waals surface area contributed by atoms with E-state index in [9.17, 15) is 0 Å². The minimum absolute atomic E-state index is 0. The molecule has 0 rings (SSSR count). The van der Waals surface area contributed by atoms with Crippen LogP contribution in [0.25, 0.3) is 0 Å². The van der Waals surface area contributed by atoms with E-state index in [0.29, 0.717) is 0 Å². The average molecular weight is 227 g/mol. The summed E-state index contributed by atoms with van der Waals surface area (Å²) in [6.45, 7) is 3.19. The van der Waals surface area contributed by atoms with Crippen LogP contribution in [-0.4, -0.2) is 6.54 Å². The van der Waals surface area contributed by atoms with Gasteiger partial charge in [0.25, 0.3) is 0 Å². The van der Waals surface area contributed by atoms with Crippen LogP contribution in [0.1, 0.15) is 19.8 Å². The molecule has 1 unspecified atom stereocenters. The van der Waals surface area contributed by atoms with E-state index in [1.54, 1.807) is 0 Å². The first-order valence-corrected chi connectivity index (χ1v) is 3.44. The Kier molecular flexibility index (Phi) is 72.8. The fourth-order valence-corrected chi connectivity index (χ4v) is 0.414. The lowest BCUT2D eigenvalue weighted by atomic mass is 10.3. The summed E-state index contributed by atoms with van der Waals surface area (Å²) in [4.78, 5) is 0. The molecule has 0 aromatic carbocycles. The summed E-state index contributed by atoms with van der Waals surface area (Å²) < 4.78 is 10.9. The van der Waals surface area contributed by atoms with Gasteiger partial charge in [-0.3, -0.25) is 4.72 Å². The Labute approximate surface area is 82.5 Å². The fraction of sp³-hybridized carbons (Fsp3) is 1.00. The Hall–Kier alpha value is 0.990. The van der Waals surface area contributed by atoms with Crippen LogP contribution in [0.15, 0.2) is 0 Å². The molecule has 2 nitrogen and oxygen atoms in total. The Balaban J connectivity index is -0.0000000412. The molecule has 0 saturated heterocycles. The molecular formula is C4H15Cl2NOPS+. The van der Waals surface area contributed by atoms with Crippen LogP contribution >= 0.6 is 46.7 Å². The standard InChI is InChI=1S/C4H11NS.2ClH.H2OP/c1-2-3-4-5-6;;;1-2/h5-6H,2-4H2,1H3;2*1H;2H2/q;;;+1. The van der Waals surface area contributed by atoms with E-state index >= 15 is 0 Å². The highest BCUT2D eigenvalue weighted by Crippen LogP contribution is 1.81. The third-order valence-corrected chi connectivity index (χ3v) is 0.866. The third kappa shape index (κ3) is 36.1. The van der Waals surface area contributed by atoms with Gasteiger partial charge >= 0.3 is 9.12 Å². The second-order valence-electron chi connectivity index (χ2n) is 1.26. The maximum atomic E-state index is 8.17. The third-order valence-electron chi connectivity index (χ3n) is 0.642. The Bertz CT molecular complexity index is 42.4. The van der Waals surface area contributed by atoms with Gasteiger partial charge in [-0.15, -0.1) is 24.8 Å². The smallest absolute Gasteiger partial charge is 0.267 e. The van der Waals surface area contributed by atoms with Crippen LogP contribution in [0.3, 0.4) is 0 Å². The van der Waals surface area contributed by atoms with E-state index in [4.69, 9.17) is 4.57 Å². The van der Waals surface area contributed by atoms with E-state index in [-0.39, 0.29) is 24.8 Å². The first-order chi connectivity index (χ1) is 3.91. The first kappa shape index (κ1) is 22.4. The Morgan fingerprint density at radius 3 is 1.90 bits per heavy atom. The number of hydrogen-bond donors (Lipinski definition) is 2. The summed E-state index contributed by atoms with van der Waals surface area (Å²) in [6.07, 6.45) is 2.47. The predicted octanol–water partition coefficient (Wildman–Crippen LogP) is 2.27. The topological polar surface area (TPSA) is 29.1 Å². The molecule has 0 saturated carbocycles. The number of nitrogens with one attached hydrogen (secondary N) is 1. The summed E-state index contributed by atoms with van der Waals surface area (Å²) in [5.41, 5.74) is 0. The number of rotatable bonds is 3. The van der Waals surface area contributed by atoms with Crippen LogP contribution < -0.4 is 4.72 Å². The van der Waals surface area contributed by atoms with Crippen molar-refractivity contribution in [2.45, 2.75) is 19.8 Å². The van der Waals surface area contributed by atoms with Gasteiger partial charge in [0.2, 0.25) is 0 Å². The number of thiol groups is 1. The largest absolute Gasteiger partial charge is 0.310 e. The number of halogens is 2. The van der Waals surface area contributed by atoms with Crippen molar-refractivity contribution >= 4 is 46.7 Å². The molecule has 0 aromatic heterocycles. The van der Waals surface area contributed by atoms with Gasteiger partial charge < -0.3 is 0 Å². The second-order valence-corrected chi connectivity index (χ2v) is 1.58. The van der Waals surface area contributed by atoms with Gasteiger partial charge in [0.1, 0.15) is 0 Å². The van der Waals surface area contributed by atoms with Crippen molar-refractivity contribution in [1.82, 2.24) is 4.72 Å². The van der Waals surface area contributed by atoms with Gasteiger partial charge in [0, 0.05) is 6.54 Å². The van der Waals surface area contributed by atoms with Crippen LogP contribution in [-0.2, 0) is 4.57 Å². The van der Waals surface area contributed by atoms with Crippen molar-refractivity contribution in [3.63, 3.8) is 0 Å². The first-order valence-electron chi connectivity index (χ1n) is 2.52. The van der Waals surface area contributed by atoms with Gasteiger partial charge in [0.15, 0.2) is 0 Å². The molecule has 0 aromatic rings. The molecule has 1 atom stereocenters. The molecule has 0 fully saturated rings. The maximum absolute atomic E-state index is 8.17. The quantitative estimate of drug-likeness (QED) is 0.440. The molecule has 6 heteroatoms. The zero-order valence-corrected chi connectivity index (χ0v) is 9.55. The van der Waals surface area contributed by atoms with Crippen molar-refractivity contribution in [3.05, 3.63) is 0 Å². The van der Waals surface area contributed by atoms with Gasteiger partial charge in [0.05, 0.1) is 0 Å². The van der Waals surface area contributed by atoms with Crippen molar-refractivity contribution in [3.8, 4) is 0 Å².